The van der Waals surface area contributed by atoms with Crippen LogP contribution in [0.2, 0.25) is 0 Å². The maximum absolute atomic E-state index is 12.1. The summed E-state index contributed by atoms with van der Waals surface area (Å²) in [5.41, 5.74) is 6.30. The Hall–Kier alpha value is -0.890. The lowest BCUT2D eigenvalue weighted by atomic mass is 10.3. The highest BCUT2D eigenvalue weighted by Crippen LogP contribution is 2.13. The number of nitrogens with one attached hydrogen (secondary N) is 1. The van der Waals surface area contributed by atoms with Gasteiger partial charge in [-0.25, -0.2) is 13.1 Å². The number of methoxy groups -OCH3 is 1. The van der Waals surface area contributed by atoms with E-state index in [1.807, 2.05) is 6.92 Å². The molecule has 1 rings (SSSR count). The second-order valence-electron chi connectivity index (χ2n) is 4.29. The summed E-state index contributed by atoms with van der Waals surface area (Å²) in [5, 5.41) is 0. The standard InChI is InChI=1S/C11H21N3O3S/c1-9(4-5-17-3)13-18(15,16)11-6-10(7-12)14(2)8-11/h6,8-9,13H,4-5,7,12H2,1-3H3. The van der Waals surface area contributed by atoms with Gasteiger partial charge in [0.1, 0.15) is 0 Å². The van der Waals surface area contributed by atoms with Crippen LogP contribution in [-0.2, 0) is 28.4 Å². The van der Waals surface area contributed by atoms with Crippen molar-refractivity contribution in [2.75, 3.05) is 13.7 Å². The van der Waals surface area contributed by atoms with Crippen molar-refractivity contribution in [2.24, 2.45) is 12.8 Å². The molecule has 6 nitrogen and oxygen atoms in total. The average Bonchev–Trinajstić information content (AvgIpc) is 2.68. The highest BCUT2D eigenvalue weighted by atomic mass is 32.2. The Morgan fingerprint density at radius 2 is 2.22 bits per heavy atom. The number of nitrogens with zero attached hydrogens (tertiary/aromatic N) is 1. The average molecular weight is 275 g/mol. The van der Waals surface area contributed by atoms with Gasteiger partial charge in [-0.15, -0.1) is 0 Å². The molecule has 0 spiro atoms. The Balaban J connectivity index is 2.79. The Morgan fingerprint density at radius 3 is 2.72 bits per heavy atom. The molecular weight excluding hydrogens is 254 g/mol. The molecule has 3 N–H and O–H groups in total. The van der Waals surface area contributed by atoms with E-state index in [0.29, 0.717) is 19.6 Å². The fourth-order valence-electron chi connectivity index (χ4n) is 1.61. The van der Waals surface area contributed by atoms with Crippen molar-refractivity contribution in [1.82, 2.24) is 9.29 Å². The maximum atomic E-state index is 12.1. The van der Waals surface area contributed by atoms with E-state index in [1.54, 1.807) is 31.0 Å². The summed E-state index contributed by atoms with van der Waals surface area (Å²) < 4.78 is 33.4. The third kappa shape index (κ3) is 3.81. The summed E-state index contributed by atoms with van der Waals surface area (Å²) >= 11 is 0. The zero-order valence-electron chi connectivity index (χ0n) is 11.0. The highest BCUT2D eigenvalue weighted by molar-refractivity contribution is 7.89. The number of aryl methyl sites for hydroxylation is 1. The molecule has 0 fully saturated rings. The van der Waals surface area contributed by atoms with Crippen LogP contribution in [0.1, 0.15) is 19.0 Å². The van der Waals surface area contributed by atoms with Gasteiger partial charge >= 0.3 is 0 Å². The van der Waals surface area contributed by atoms with E-state index in [0.717, 1.165) is 5.69 Å². The quantitative estimate of drug-likeness (QED) is 0.743. The first-order valence-corrected chi connectivity index (χ1v) is 7.25. The summed E-state index contributed by atoms with van der Waals surface area (Å²) in [6.07, 6.45) is 2.19. The Kier molecular flexibility index (Phi) is 5.33. The molecule has 1 aromatic rings. The van der Waals surface area contributed by atoms with Crippen LogP contribution in [0.25, 0.3) is 0 Å². The largest absolute Gasteiger partial charge is 0.385 e. The zero-order chi connectivity index (χ0) is 13.8. The Bertz CT molecular complexity index is 482. The van der Waals surface area contributed by atoms with Crippen molar-refractivity contribution in [2.45, 2.75) is 30.8 Å². The van der Waals surface area contributed by atoms with Gasteiger partial charge in [-0.05, 0) is 19.4 Å². The third-order valence-corrected chi connectivity index (χ3v) is 4.27. The molecule has 1 aromatic heterocycles. The lowest BCUT2D eigenvalue weighted by molar-refractivity contribution is 0.188. The fraction of sp³-hybridized carbons (Fsp3) is 0.636. The monoisotopic (exact) mass is 275 g/mol. The van der Waals surface area contributed by atoms with E-state index in [9.17, 15) is 8.42 Å². The van der Waals surface area contributed by atoms with E-state index in [4.69, 9.17) is 10.5 Å². The van der Waals surface area contributed by atoms with E-state index in [-0.39, 0.29) is 10.9 Å². The Labute approximate surface area is 108 Å². The molecule has 0 aromatic carbocycles. The zero-order valence-corrected chi connectivity index (χ0v) is 11.8. The molecule has 18 heavy (non-hydrogen) atoms. The second-order valence-corrected chi connectivity index (χ2v) is 6.00. The van der Waals surface area contributed by atoms with Gasteiger partial charge in [0.25, 0.3) is 0 Å². The van der Waals surface area contributed by atoms with E-state index in [1.165, 1.54) is 0 Å². The molecule has 104 valence electrons. The molecule has 0 bridgehead atoms. The summed E-state index contributed by atoms with van der Waals surface area (Å²) in [6.45, 7) is 2.64. The molecule has 1 unspecified atom stereocenters. The fourth-order valence-corrected chi connectivity index (χ4v) is 2.99. The highest BCUT2D eigenvalue weighted by Gasteiger charge is 2.19. The minimum atomic E-state index is -3.48. The van der Waals surface area contributed by atoms with E-state index < -0.39 is 10.0 Å². The number of hydrogen-bond donors (Lipinski definition) is 2. The maximum Gasteiger partial charge on any atom is 0.242 e. The summed E-state index contributed by atoms with van der Waals surface area (Å²) in [5.74, 6) is 0. The van der Waals surface area contributed by atoms with Crippen molar-refractivity contribution in [3.8, 4) is 0 Å². The molecule has 7 heteroatoms. The predicted octanol–water partition coefficient (Wildman–Crippen LogP) is 0.187. The van der Waals surface area contributed by atoms with Crippen LogP contribution in [0, 0.1) is 0 Å². The molecule has 0 radical (unpaired) electrons. The first-order chi connectivity index (χ1) is 8.40. The second kappa shape index (κ2) is 6.33. The third-order valence-electron chi connectivity index (χ3n) is 2.71. The van der Waals surface area contributed by atoms with Crippen LogP contribution in [0.4, 0.5) is 0 Å². The number of sulfonamides is 1. The number of aromatic nitrogens is 1. The van der Waals surface area contributed by atoms with Gasteiger partial charge in [0, 0.05) is 45.2 Å². The number of ether oxygens (including phenoxy) is 1. The molecule has 0 saturated heterocycles. The van der Waals surface area contributed by atoms with Crippen LogP contribution in [0.15, 0.2) is 17.2 Å². The van der Waals surface area contributed by atoms with Gasteiger partial charge in [-0.3, -0.25) is 0 Å². The summed E-state index contributed by atoms with van der Waals surface area (Å²) in [7, 11) is -0.121. The van der Waals surface area contributed by atoms with Crippen molar-refractivity contribution in [3.05, 3.63) is 18.0 Å². The van der Waals surface area contributed by atoms with Crippen molar-refractivity contribution in [3.63, 3.8) is 0 Å². The normalized spacial score (nSPS) is 13.8. The van der Waals surface area contributed by atoms with Crippen LogP contribution >= 0.6 is 0 Å². The van der Waals surface area contributed by atoms with Gasteiger partial charge in [0.15, 0.2) is 0 Å². The van der Waals surface area contributed by atoms with Crippen molar-refractivity contribution in [1.29, 1.82) is 0 Å². The number of rotatable bonds is 7. The van der Waals surface area contributed by atoms with Crippen LogP contribution < -0.4 is 10.5 Å². The number of nitrogens with two attached hydrogens (primary N) is 1. The van der Waals surface area contributed by atoms with Gasteiger partial charge in [-0.2, -0.15) is 0 Å². The van der Waals surface area contributed by atoms with E-state index in [2.05, 4.69) is 4.72 Å². The lowest BCUT2D eigenvalue weighted by Crippen LogP contribution is -2.33. The Morgan fingerprint density at radius 1 is 1.56 bits per heavy atom. The first kappa shape index (κ1) is 15.2. The van der Waals surface area contributed by atoms with Crippen LogP contribution in [0.3, 0.4) is 0 Å². The van der Waals surface area contributed by atoms with Crippen LogP contribution in [-0.4, -0.2) is 32.7 Å². The van der Waals surface area contributed by atoms with Gasteiger partial charge in [-0.1, -0.05) is 0 Å². The molecule has 0 aliphatic heterocycles. The lowest BCUT2D eigenvalue weighted by Gasteiger charge is -2.12. The molecule has 0 amide bonds. The molecule has 0 aliphatic carbocycles. The van der Waals surface area contributed by atoms with E-state index >= 15 is 0 Å². The molecular formula is C11H21N3O3S. The number of hydrogen-bond acceptors (Lipinski definition) is 4. The minimum absolute atomic E-state index is 0.170. The molecule has 1 heterocycles. The van der Waals surface area contributed by atoms with Crippen molar-refractivity contribution >= 4 is 10.0 Å². The predicted molar refractivity (Wildman–Crippen MR) is 69.6 cm³/mol. The first-order valence-electron chi connectivity index (χ1n) is 5.77. The summed E-state index contributed by atoms with van der Waals surface area (Å²) in [6, 6.07) is 1.42. The summed E-state index contributed by atoms with van der Waals surface area (Å²) in [4.78, 5) is 0.245. The van der Waals surface area contributed by atoms with Gasteiger partial charge in [0.2, 0.25) is 10.0 Å². The van der Waals surface area contributed by atoms with Gasteiger partial charge < -0.3 is 15.0 Å². The SMILES string of the molecule is COCCC(C)NS(=O)(=O)c1cc(CN)n(C)c1. The van der Waals surface area contributed by atoms with Gasteiger partial charge in [0.05, 0.1) is 4.90 Å². The topological polar surface area (TPSA) is 86.3 Å². The minimum Gasteiger partial charge on any atom is -0.385 e. The molecule has 1 atom stereocenters. The van der Waals surface area contributed by atoms with Crippen LogP contribution in [0.5, 0.6) is 0 Å². The van der Waals surface area contributed by atoms with Crippen molar-refractivity contribution < 1.29 is 13.2 Å². The molecule has 0 saturated carbocycles. The smallest absolute Gasteiger partial charge is 0.242 e. The molecule has 0 aliphatic rings.